The first-order valence-electron chi connectivity index (χ1n) is 9.71. The van der Waals surface area contributed by atoms with Crippen LogP contribution in [-0.2, 0) is 13.0 Å². The fraction of sp³-hybridized carbons (Fsp3) is 0.400. The lowest BCUT2D eigenvalue weighted by Gasteiger charge is -2.28. The van der Waals surface area contributed by atoms with E-state index >= 15 is 0 Å². The van der Waals surface area contributed by atoms with E-state index in [0.29, 0.717) is 48.4 Å². The predicted molar refractivity (Wildman–Crippen MR) is 116 cm³/mol. The summed E-state index contributed by atoms with van der Waals surface area (Å²) in [6.45, 7) is 4.11. The van der Waals surface area contributed by atoms with Crippen molar-refractivity contribution in [2.24, 2.45) is 4.99 Å². The molecule has 2 aromatic rings. The Hall–Kier alpha value is -3.12. The van der Waals surface area contributed by atoms with E-state index < -0.39 is 0 Å². The van der Waals surface area contributed by atoms with Crippen LogP contribution in [0, 0.1) is 11.5 Å². The third kappa shape index (κ3) is 5.23. The van der Waals surface area contributed by atoms with Gasteiger partial charge in [0.05, 0.1) is 23.6 Å². The van der Waals surface area contributed by atoms with Gasteiger partial charge in [-0.15, -0.1) is 11.3 Å². The highest BCUT2D eigenvalue weighted by Crippen LogP contribution is 2.26. The van der Waals surface area contributed by atoms with Gasteiger partial charge in [0.2, 0.25) is 5.96 Å². The lowest BCUT2D eigenvalue weighted by atomic mass is 10.2. The molecule has 2 heterocycles. The van der Waals surface area contributed by atoms with Crippen molar-refractivity contribution in [3.05, 3.63) is 39.8 Å². The highest BCUT2D eigenvalue weighted by molar-refractivity contribution is 7.13. The molecule has 1 aliphatic rings. The number of nitrogens with one attached hydrogen (secondary N) is 2. The first kappa shape index (κ1) is 20.6. The largest absolute Gasteiger partial charge is 0.397 e. The number of unbranched alkanes of at least 4 members (excludes halogenated alkanes) is 2. The molecular formula is C20H25N7OS. The number of hydrogen-bond donors (Lipinski definition) is 3. The number of hydrogen-bond acceptors (Lipinski definition) is 6. The Labute approximate surface area is 174 Å². The molecule has 1 aromatic carbocycles. The summed E-state index contributed by atoms with van der Waals surface area (Å²) in [6, 6.07) is 7.14. The predicted octanol–water partition coefficient (Wildman–Crippen LogP) is 2.95. The van der Waals surface area contributed by atoms with E-state index in [-0.39, 0.29) is 5.91 Å². The number of rotatable bonds is 6. The monoisotopic (exact) mass is 411 g/mol. The van der Waals surface area contributed by atoms with Crippen LogP contribution in [0.25, 0.3) is 0 Å². The Morgan fingerprint density at radius 1 is 1.41 bits per heavy atom. The van der Waals surface area contributed by atoms with Gasteiger partial charge in [0, 0.05) is 24.4 Å². The number of nitrogens with zero attached hydrogens (tertiary/aromatic N) is 4. The minimum Gasteiger partial charge on any atom is -0.397 e. The highest BCUT2D eigenvalue weighted by Gasteiger charge is 2.25. The molecule has 0 aliphatic carbocycles. The number of nitrogens with two attached hydrogens (primary N) is 1. The van der Waals surface area contributed by atoms with E-state index in [4.69, 9.17) is 11.0 Å². The number of thiazole rings is 1. The lowest BCUT2D eigenvalue weighted by molar-refractivity contribution is 0.102. The molecule has 29 heavy (non-hydrogen) atoms. The number of nitriles is 1. The molecule has 0 saturated carbocycles. The molecule has 1 aliphatic heterocycles. The minimum atomic E-state index is -0.266. The van der Waals surface area contributed by atoms with Gasteiger partial charge < -0.3 is 16.0 Å². The zero-order chi connectivity index (χ0) is 20.6. The molecule has 0 bridgehead atoms. The molecule has 9 heteroatoms. The van der Waals surface area contributed by atoms with Crippen LogP contribution in [0.1, 0.15) is 46.6 Å². The summed E-state index contributed by atoms with van der Waals surface area (Å²) in [7, 11) is 0. The fourth-order valence-electron chi connectivity index (χ4n) is 3.08. The van der Waals surface area contributed by atoms with Gasteiger partial charge in [0.15, 0.2) is 11.2 Å². The molecule has 1 aromatic heterocycles. The number of aliphatic imine (C=N–C) groups is 1. The molecule has 0 fully saturated rings. The first-order valence-corrected chi connectivity index (χ1v) is 10.5. The van der Waals surface area contributed by atoms with Crippen molar-refractivity contribution in [2.45, 2.75) is 39.2 Å². The summed E-state index contributed by atoms with van der Waals surface area (Å²) in [6.07, 6.45) is 5.92. The Balaban J connectivity index is 1.69. The van der Waals surface area contributed by atoms with E-state index in [0.717, 1.165) is 29.8 Å². The van der Waals surface area contributed by atoms with Gasteiger partial charge in [0.1, 0.15) is 0 Å². The van der Waals surface area contributed by atoms with Crippen LogP contribution < -0.4 is 16.4 Å². The molecule has 0 unspecified atom stereocenters. The van der Waals surface area contributed by atoms with E-state index in [9.17, 15) is 4.79 Å². The Morgan fingerprint density at radius 2 is 2.24 bits per heavy atom. The SMILES string of the molecule is CCCCCN=C(NC#N)N1CCc2nc(C(=O)Nc3ccccc3N)sc2C1. The molecule has 0 atom stereocenters. The van der Waals surface area contributed by atoms with E-state index in [1.54, 1.807) is 12.1 Å². The fourth-order valence-corrected chi connectivity index (χ4v) is 4.09. The van der Waals surface area contributed by atoms with Gasteiger partial charge in [-0.3, -0.25) is 15.1 Å². The number of benzene rings is 1. The maximum atomic E-state index is 12.6. The summed E-state index contributed by atoms with van der Waals surface area (Å²) in [4.78, 5) is 24.7. The minimum absolute atomic E-state index is 0.266. The molecule has 1 amide bonds. The van der Waals surface area contributed by atoms with Gasteiger partial charge in [-0.1, -0.05) is 31.9 Å². The number of amides is 1. The van der Waals surface area contributed by atoms with Crippen LogP contribution in [0.5, 0.6) is 0 Å². The summed E-state index contributed by atoms with van der Waals surface area (Å²) >= 11 is 1.37. The average Bonchev–Trinajstić information content (AvgIpc) is 3.15. The molecule has 4 N–H and O–H groups in total. The summed E-state index contributed by atoms with van der Waals surface area (Å²) < 4.78 is 0. The Morgan fingerprint density at radius 3 is 3.00 bits per heavy atom. The standard InChI is InChI=1S/C20H25N7OS/c1-2-3-6-10-23-20(24-13-21)27-11-9-16-17(12-27)29-19(26-16)18(28)25-15-8-5-4-7-14(15)22/h4-5,7-8H,2-3,6,9-12,22H2,1H3,(H,23,24)(H,25,28). The van der Waals surface area contributed by atoms with Crippen molar-refractivity contribution in [3.63, 3.8) is 0 Å². The third-order valence-electron chi connectivity index (χ3n) is 4.62. The van der Waals surface area contributed by atoms with Gasteiger partial charge >= 0.3 is 0 Å². The van der Waals surface area contributed by atoms with Crippen LogP contribution >= 0.6 is 11.3 Å². The van der Waals surface area contributed by atoms with Crippen molar-refractivity contribution >= 4 is 34.6 Å². The van der Waals surface area contributed by atoms with Crippen molar-refractivity contribution in [1.29, 1.82) is 5.26 Å². The number of fused-ring (bicyclic) bond motifs is 1. The second kappa shape index (κ2) is 9.89. The number of aromatic nitrogens is 1. The third-order valence-corrected chi connectivity index (χ3v) is 5.71. The topological polar surface area (TPSA) is 119 Å². The van der Waals surface area contributed by atoms with Crippen molar-refractivity contribution in [3.8, 4) is 6.19 Å². The number of carbonyl (C=O) groups is 1. The number of guanidine groups is 1. The molecule has 0 radical (unpaired) electrons. The van der Waals surface area contributed by atoms with Gasteiger partial charge in [-0.2, -0.15) is 5.26 Å². The van der Waals surface area contributed by atoms with Crippen molar-refractivity contribution in [1.82, 2.24) is 15.2 Å². The Bertz CT molecular complexity index is 931. The van der Waals surface area contributed by atoms with Gasteiger partial charge in [-0.25, -0.2) is 4.98 Å². The van der Waals surface area contributed by atoms with Crippen LogP contribution in [-0.4, -0.2) is 34.8 Å². The summed E-state index contributed by atoms with van der Waals surface area (Å²) in [5, 5.41) is 15.0. The second-order valence-electron chi connectivity index (χ2n) is 6.75. The van der Waals surface area contributed by atoms with Crippen LogP contribution in [0.15, 0.2) is 29.3 Å². The summed E-state index contributed by atoms with van der Waals surface area (Å²) in [5.41, 5.74) is 7.92. The quantitative estimate of drug-likeness (QED) is 0.168. The van der Waals surface area contributed by atoms with Gasteiger partial charge in [0.25, 0.3) is 5.91 Å². The van der Waals surface area contributed by atoms with Crippen LogP contribution in [0.2, 0.25) is 0 Å². The second-order valence-corrected chi connectivity index (χ2v) is 7.83. The van der Waals surface area contributed by atoms with E-state index in [1.807, 2.05) is 23.2 Å². The molecule has 0 saturated heterocycles. The van der Waals surface area contributed by atoms with E-state index in [2.05, 4.69) is 27.5 Å². The molecular weight excluding hydrogens is 386 g/mol. The van der Waals surface area contributed by atoms with Gasteiger partial charge in [-0.05, 0) is 18.6 Å². The maximum absolute atomic E-state index is 12.6. The zero-order valence-electron chi connectivity index (χ0n) is 16.4. The van der Waals surface area contributed by atoms with Crippen molar-refractivity contribution in [2.75, 3.05) is 24.1 Å². The van der Waals surface area contributed by atoms with Crippen LogP contribution in [0.4, 0.5) is 11.4 Å². The maximum Gasteiger partial charge on any atom is 0.284 e. The molecule has 8 nitrogen and oxygen atoms in total. The molecule has 152 valence electrons. The lowest BCUT2D eigenvalue weighted by Crippen LogP contribution is -2.42. The molecule has 0 spiro atoms. The normalized spacial score (nSPS) is 13.5. The number of nitrogen functional groups attached to an aromatic ring is 1. The smallest absolute Gasteiger partial charge is 0.284 e. The van der Waals surface area contributed by atoms with Crippen LogP contribution in [0.3, 0.4) is 0 Å². The Kier molecular flexibility index (Phi) is 7.03. The first-order chi connectivity index (χ1) is 14.1. The van der Waals surface area contributed by atoms with Crippen molar-refractivity contribution < 1.29 is 4.79 Å². The number of carbonyl (C=O) groups excluding carboxylic acids is 1. The van der Waals surface area contributed by atoms with E-state index in [1.165, 1.54) is 11.3 Å². The zero-order valence-corrected chi connectivity index (χ0v) is 17.3. The highest BCUT2D eigenvalue weighted by atomic mass is 32.1. The summed E-state index contributed by atoms with van der Waals surface area (Å²) in [5.74, 6) is 0.322. The average molecular weight is 412 g/mol. The number of para-hydroxylation sites is 2. The molecule has 3 rings (SSSR count). The number of anilines is 2.